The lowest BCUT2D eigenvalue weighted by Gasteiger charge is -2.07. The molecule has 0 fully saturated rings. The number of nitrogens with zero attached hydrogens (tertiary/aromatic N) is 3. The van der Waals surface area contributed by atoms with Crippen LogP contribution >= 0.6 is 0 Å². The summed E-state index contributed by atoms with van der Waals surface area (Å²) in [6, 6.07) is 6.36. The van der Waals surface area contributed by atoms with Crippen molar-refractivity contribution < 1.29 is 13.6 Å². The minimum Gasteiger partial charge on any atom is -0.321 e. The van der Waals surface area contributed by atoms with Gasteiger partial charge in [-0.05, 0) is 37.3 Å². The van der Waals surface area contributed by atoms with Crippen LogP contribution in [-0.4, -0.2) is 20.4 Å². The number of pyridine rings is 1. The summed E-state index contributed by atoms with van der Waals surface area (Å²) < 4.78 is 27.8. The van der Waals surface area contributed by atoms with E-state index in [2.05, 4.69) is 15.3 Å². The third kappa shape index (κ3) is 3.08. The van der Waals surface area contributed by atoms with E-state index < -0.39 is 17.5 Å². The summed E-state index contributed by atoms with van der Waals surface area (Å²) in [6.07, 6.45) is 4.92. The van der Waals surface area contributed by atoms with Crippen molar-refractivity contribution in [2.75, 3.05) is 5.32 Å². The molecule has 1 aromatic carbocycles. The highest BCUT2D eigenvalue weighted by Crippen LogP contribution is 2.14. The monoisotopic (exact) mass is 314 g/mol. The van der Waals surface area contributed by atoms with Crippen LogP contribution in [0.5, 0.6) is 0 Å². The van der Waals surface area contributed by atoms with Gasteiger partial charge in [-0.3, -0.25) is 9.36 Å². The number of hydrogen-bond acceptors (Lipinski definition) is 3. The normalized spacial score (nSPS) is 10.6. The average Bonchev–Trinajstić information content (AvgIpc) is 2.97. The number of rotatable bonds is 3. The molecule has 2 aromatic heterocycles. The van der Waals surface area contributed by atoms with Crippen molar-refractivity contribution in [3.05, 3.63) is 71.9 Å². The lowest BCUT2D eigenvalue weighted by atomic mass is 10.2. The zero-order valence-electron chi connectivity index (χ0n) is 12.1. The lowest BCUT2D eigenvalue weighted by Crippen LogP contribution is -2.13. The molecule has 0 bridgehead atoms. The smallest absolute Gasteiger partial charge is 0.255 e. The third-order valence-electron chi connectivity index (χ3n) is 3.26. The first-order chi connectivity index (χ1) is 11.0. The fourth-order valence-electron chi connectivity index (χ4n) is 2.06. The quantitative estimate of drug-likeness (QED) is 0.808. The number of carbonyl (C=O) groups excluding carboxylic acids is 1. The predicted octanol–water partition coefficient (Wildman–Crippen LogP) is 3.11. The molecule has 0 saturated carbocycles. The zero-order valence-corrected chi connectivity index (χ0v) is 12.1. The number of aryl methyl sites for hydroxylation is 1. The Hall–Kier alpha value is -3.09. The maximum absolute atomic E-state index is 13.2. The van der Waals surface area contributed by atoms with E-state index in [-0.39, 0.29) is 5.56 Å². The summed E-state index contributed by atoms with van der Waals surface area (Å²) in [5.74, 6) is -1.16. The van der Waals surface area contributed by atoms with Crippen LogP contribution in [0.25, 0.3) is 5.82 Å². The van der Waals surface area contributed by atoms with Gasteiger partial charge in [-0.2, -0.15) is 0 Å². The van der Waals surface area contributed by atoms with Crippen LogP contribution in [0.1, 0.15) is 16.2 Å². The van der Waals surface area contributed by atoms with E-state index in [1.54, 1.807) is 29.1 Å². The Balaban J connectivity index is 1.76. The molecule has 0 saturated heterocycles. The molecule has 2 heterocycles. The molecule has 1 amide bonds. The third-order valence-corrected chi connectivity index (χ3v) is 3.26. The van der Waals surface area contributed by atoms with Gasteiger partial charge < -0.3 is 5.32 Å². The van der Waals surface area contributed by atoms with Gasteiger partial charge in [-0.15, -0.1) is 0 Å². The maximum Gasteiger partial charge on any atom is 0.255 e. The van der Waals surface area contributed by atoms with Crippen LogP contribution in [-0.2, 0) is 0 Å². The highest BCUT2D eigenvalue weighted by atomic mass is 19.2. The number of aromatic nitrogens is 3. The maximum atomic E-state index is 13.2. The van der Waals surface area contributed by atoms with Crippen LogP contribution in [0, 0.1) is 18.6 Å². The van der Waals surface area contributed by atoms with Gasteiger partial charge in [0.2, 0.25) is 0 Å². The number of hydrogen-bond donors (Lipinski definition) is 1. The molecule has 0 atom stereocenters. The second-order valence-electron chi connectivity index (χ2n) is 4.83. The Morgan fingerprint density at radius 3 is 2.57 bits per heavy atom. The topological polar surface area (TPSA) is 59.8 Å². The Labute approximate surface area is 130 Å². The van der Waals surface area contributed by atoms with E-state index in [4.69, 9.17) is 0 Å². The molecule has 5 nitrogen and oxygen atoms in total. The fourth-order valence-corrected chi connectivity index (χ4v) is 2.06. The van der Waals surface area contributed by atoms with E-state index in [9.17, 15) is 13.6 Å². The number of anilines is 1. The molecule has 0 aliphatic heterocycles. The van der Waals surface area contributed by atoms with Gasteiger partial charge in [0.05, 0.1) is 11.9 Å². The summed E-state index contributed by atoms with van der Waals surface area (Å²) in [7, 11) is 0. The van der Waals surface area contributed by atoms with Gasteiger partial charge in [-0.25, -0.2) is 18.7 Å². The van der Waals surface area contributed by atoms with E-state index >= 15 is 0 Å². The standard InChI is InChI=1S/C16H12F2N4O/c1-10-19-6-7-22(10)15-5-3-12(9-20-15)21-16(23)11-2-4-13(17)14(18)8-11/h2-9H,1H3,(H,21,23). The summed E-state index contributed by atoms with van der Waals surface area (Å²) >= 11 is 0. The first-order valence-electron chi connectivity index (χ1n) is 6.77. The van der Waals surface area contributed by atoms with Crippen LogP contribution in [0.2, 0.25) is 0 Å². The molecule has 0 aliphatic carbocycles. The molecule has 0 aliphatic rings. The molecule has 1 N–H and O–H groups in total. The average molecular weight is 314 g/mol. The molecular formula is C16H12F2N4O. The van der Waals surface area contributed by atoms with Crippen molar-refractivity contribution in [1.29, 1.82) is 0 Å². The van der Waals surface area contributed by atoms with Crippen molar-refractivity contribution in [2.45, 2.75) is 6.92 Å². The second-order valence-corrected chi connectivity index (χ2v) is 4.83. The highest BCUT2D eigenvalue weighted by molar-refractivity contribution is 6.04. The number of halogens is 2. The molecule has 0 spiro atoms. The van der Waals surface area contributed by atoms with Gasteiger partial charge in [0.1, 0.15) is 11.6 Å². The van der Waals surface area contributed by atoms with E-state index in [0.717, 1.165) is 18.0 Å². The van der Waals surface area contributed by atoms with Crippen molar-refractivity contribution in [3.8, 4) is 5.82 Å². The van der Waals surface area contributed by atoms with Crippen LogP contribution in [0.3, 0.4) is 0 Å². The highest BCUT2D eigenvalue weighted by Gasteiger charge is 2.10. The van der Waals surface area contributed by atoms with Gasteiger partial charge in [0.15, 0.2) is 11.6 Å². The number of carbonyl (C=O) groups is 1. The fraction of sp³-hybridized carbons (Fsp3) is 0.0625. The number of amides is 1. The van der Waals surface area contributed by atoms with E-state index in [0.29, 0.717) is 11.5 Å². The second kappa shape index (κ2) is 5.96. The van der Waals surface area contributed by atoms with Gasteiger partial charge in [0.25, 0.3) is 5.91 Å². The van der Waals surface area contributed by atoms with Gasteiger partial charge in [-0.1, -0.05) is 0 Å². The number of nitrogens with one attached hydrogen (secondary N) is 1. The van der Waals surface area contributed by atoms with Gasteiger partial charge in [0, 0.05) is 18.0 Å². The molecule has 0 unspecified atom stereocenters. The summed E-state index contributed by atoms with van der Waals surface area (Å²) in [5.41, 5.74) is 0.472. The summed E-state index contributed by atoms with van der Waals surface area (Å²) in [4.78, 5) is 20.3. The van der Waals surface area contributed by atoms with E-state index in [1.807, 2.05) is 6.92 Å². The Morgan fingerprint density at radius 2 is 1.96 bits per heavy atom. The molecule has 3 aromatic rings. The Morgan fingerprint density at radius 1 is 1.13 bits per heavy atom. The SMILES string of the molecule is Cc1nccn1-c1ccc(NC(=O)c2ccc(F)c(F)c2)cn1. The molecule has 7 heteroatoms. The largest absolute Gasteiger partial charge is 0.321 e. The molecule has 23 heavy (non-hydrogen) atoms. The molecule has 116 valence electrons. The minimum absolute atomic E-state index is 0.0263. The van der Waals surface area contributed by atoms with Crippen molar-refractivity contribution >= 4 is 11.6 Å². The van der Waals surface area contributed by atoms with Crippen molar-refractivity contribution in [2.24, 2.45) is 0 Å². The van der Waals surface area contributed by atoms with E-state index in [1.165, 1.54) is 12.3 Å². The predicted molar refractivity (Wildman–Crippen MR) is 80.4 cm³/mol. The van der Waals surface area contributed by atoms with Crippen LogP contribution < -0.4 is 5.32 Å². The minimum atomic E-state index is -1.07. The Bertz CT molecular complexity index is 859. The number of imidazole rings is 1. The molecule has 0 radical (unpaired) electrons. The number of benzene rings is 1. The first-order valence-corrected chi connectivity index (χ1v) is 6.77. The lowest BCUT2D eigenvalue weighted by molar-refractivity contribution is 0.102. The van der Waals surface area contributed by atoms with Crippen LogP contribution in [0.15, 0.2) is 48.9 Å². The van der Waals surface area contributed by atoms with Crippen molar-refractivity contribution in [3.63, 3.8) is 0 Å². The zero-order chi connectivity index (χ0) is 16.4. The summed E-state index contributed by atoms with van der Waals surface area (Å²) in [6.45, 7) is 1.85. The Kier molecular flexibility index (Phi) is 3.84. The molecular weight excluding hydrogens is 302 g/mol. The molecule has 3 rings (SSSR count). The van der Waals surface area contributed by atoms with Crippen LogP contribution in [0.4, 0.5) is 14.5 Å². The first kappa shape index (κ1) is 14.8. The summed E-state index contributed by atoms with van der Waals surface area (Å²) in [5, 5.41) is 2.58. The van der Waals surface area contributed by atoms with Gasteiger partial charge >= 0.3 is 0 Å². The van der Waals surface area contributed by atoms with Crippen molar-refractivity contribution in [1.82, 2.24) is 14.5 Å².